The van der Waals surface area contributed by atoms with E-state index in [9.17, 15) is 16.8 Å². The van der Waals surface area contributed by atoms with Crippen LogP contribution in [0.15, 0.2) is 29.2 Å². The van der Waals surface area contributed by atoms with Crippen molar-refractivity contribution < 1.29 is 16.8 Å². The first kappa shape index (κ1) is 15.8. The lowest BCUT2D eigenvalue weighted by molar-refractivity contribution is 0.577. The first-order valence-corrected chi connectivity index (χ1v) is 10.2. The Labute approximate surface area is 123 Å². The quantitative estimate of drug-likeness (QED) is 0.764. The SMILES string of the molecule is O=S(=O)(CC1CC1)NCCc1ccc(S(=O)(=O)Cl)cc1. The topological polar surface area (TPSA) is 80.3 Å². The highest BCUT2D eigenvalue weighted by Gasteiger charge is 2.27. The van der Waals surface area contributed by atoms with Crippen molar-refractivity contribution in [1.82, 2.24) is 4.72 Å². The van der Waals surface area contributed by atoms with Crippen molar-refractivity contribution in [2.75, 3.05) is 12.3 Å². The van der Waals surface area contributed by atoms with Gasteiger partial charge in [0.15, 0.2) is 0 Å². The predicted octanol–water partition coefficient (Wildman–Crippen LogP) is 1.49. The van der Waals surface area contributed by atoms with Gasteiger partial charge in [0.05, 0.1) is 10.6 Å². The molecule has 5 nitrogen and oxygen atoms in total. The van der Waals surface area contributed by atoms with Crippen molar-refractivity contribution in [3.63, 3.8) is 0 Å². The number of benzene rings is 1. The molecule has 0 aromatic heterocycles. The van der Waals surface area contributed by atoms with Gasteiger partial charge in [-0.2, -0.15) is 0 Å². The minimum Gasteiger partial charge on any atom is -0.215 e. The van der Waals surface area contributed by atoms with Crippen molar-refractivity contribution in [3.8, 4) is 0 Å². The van der Waals surface area contributed by atoms with Gasteiger partial charge in [-0.15, -0.1) is 0 Å². The van der Waals surface area contributed by atoms with Crippen LogP contribution >= 0.6 is 10.7 Å². The second-order valence-electron chi connectivity index (χ2n) is 4.95. The van der Waals surface area contributed by atoms with Crippen molar-refractivity contribution in [3.05, 3.63) is 29.8 Å². The summed E-state index contributed by atoms with van der Waals surface area (Å²) in [6.07, 6.45) is 2.50. The van der Waals surface area contributed by atoms with Gasteiger partial charge in [0.1, 0.15) is 0 Å². The molecule has 1 aromatic rings. The molecular weight excluding hydrogens is 322 g/mol. The highest BCUT2D eigenvalue weighted by atomic mass is 35.7. The maximum absolute atomic E-state index is 11.6. The summed E-state index contributed by atoms with van der Waals surface area (Å²) in [4.78, 5) is 0.0391. The molecule has 0 heterocycles. The van der Waals surface area contributed by atoms with Crippen LogP contribution in [0.1, 0.15) is 18.4 Å². The van der Waals surface area contributed by atoms with E-state index in [-0.39, 0.29) is 10.6 Å². The molecule has 1 aromatic carbocycles. The van der Waals surface area contributed by atoms with Crippen LogP contribution in [-0.2, 0) is 25.5 Å². The average Bonchev–Trinajstić information content (AvgIpc) is 3.11. The van der Waals surface area contributed by atoms with Crippen LogP contribution < -0.4 is 4.72 Å². The molecule has 20 heavy (non-hydrogen) atoms. The molecule has 0 radical (unpaired) electrons. The van der Waals surface area contributed by atoms with Crippen molar-refractivity contribution in [1.29, 1.82) is 0 Å². The first-order valence-electron chi connectivity index (χ1n) is 6.27. The Kier molecular flexibility index (Phi) is 4.73. The summed E-state index contributed by atoms with van der Waals surface area (Å²) in [7, 11) is -1.69. The number of sulfonamides is 1. The molecular formula is C12H16ClNO4S2. The van der Waals surface area contributed by atoms with Gasteiger partial charge in [0.2, 0.25) is 10.0 Å². The number of hydrogen-bond acceptors (Lipinski definition) is 4. The van der Waals surface area contributed by atoms with E-state index in [2.05, 4.69) is 4.72 Å². The molecule has 0 unspecified atom stereocenters. The van der Waals surface area contributed by atoms with E-state index in [1.165, 1.54) is 12.1 Å². The summed E-state index contributed by atoms with van der Waals surface area (Å²) in [6, 6.07) is 6.08. The lowest BCUT2D eigenvalue weighted by Gasteiger charge is -2.06. The maximum atomic E-state index is 11.6. The molecule has 112 valence electrons. The Hall–Kier alpha value is -0.630. The van der Waals surface area contributed by atoms with Crippen LogP contribution in [0.5, 0.6) is 0 Å². The van der Waals surface area contributed by atoms with E-state index in [1.54, 1.807) is 12.1 Å². The lowest BCUT2D eigenvalue weighted by atomic mass is 10.2. The summed E-state index contributed by atoms with van der Waals surface area (Å²) >= 11 is 0. The molecule has 0 amide bonds. The molecule has 1 saturated carbocycles. The number of rotatable bonds is 7. The summed E-state index contributed by atoms with van der Waals surface area (Å²) in [6.45, 7) is 0.308. The summed E-state index contributed by atoms with van der Waals surface area (Å²) in [5.74, 6) is 0.525. The fourth-order valence-electron chi connectivity index (χ4n) is 1.82. The normalized spacial score (nSPS) is 16.2. The Bertz CT molecular complexity index is 664. The third-order valence-corrected chi connectivity index (χ3v) is 6.02. The van der Waals surface area contributed by atoms with Crippen molar-refractivity contribution in [2.24, 2.45) is 5.92 Å². The van der Waals surface area contributed by atoms with E-state index in [4.69, 9.17) is 10.7 Å². The Morgan fingerprint density at radius 3 is 2.20 bits per heavy atom. The largest absolute Gasteiger partial charge is 0.261 e. The van der Waals surface area contributed by atoms with Crippen LogP contribution in [0.4, 0.5) is 0 Å². The van der Waals surface area contributed by atoms with Gasteiger partial charge in [0.25, 0.3) is 9.05 Å². The van der Waals surface area contributed by atoms with Gasteiger partial charge in [-0.1, -0.05) is 12.1 Å². The van der Waals surface area contributed by atoms with Gasteiger partial charge >= 0.3 is 0 Å². The van der Waals surface area contributed by atoms with Gasteiger partial charge in [-0.25, -0.2) is 21.6 Å². The zero-order valence-corrected chi connectivity index (χ0v) is 13.1. The third kappa shape index (κ3) is 5.05. The second-order valence-corrected chi connectivity index (χ2v) is 9.37. The molecule has 1 aliphatic rings. The maximum Gasteiger partial charge on any atom is 0.261 e. The molecule has 0 atom stereocenters. The average molecular weight is 338 g/mol. The molecule has 0 aliphatic heterocycles. The molecule has 1 N–H and O–H groups in total. The molecule has 1 fully saturated rings. The van der Waals surface area contributed by atoms with Gasteiger partial charge < -0.3 is 0 Å². The van der Waals surface area contributed by atoms with Crippen LogP contribution in [0.25, 0.3) is 0 Å². The van der Waals surface area contributed by atoms with Crippen LogP contribution in [0.3, 0.4) is 0 Å². The minimum absolute atomic E-state index is 0.0391. The third-order valence-electron chi connectivity index (χ3n) is 3.09. The molecule has 2 rings (SSSR count). The van der Waals surface area contributed by atoms with Crippen LogP contribution in [-0.4, -0.2) is 29.1 Å². The molecule has 0 bridgehead atoms. The van der Waals surface area contributed by atoms with Crippen molar-refractivity contribution in [2.45, 2.75) is 24.2 Å². The van der Waals surface area contributed by atoms with E-state index in [1.807, 2.05) is 0 Å². The number of nitrogens with one attached hydrogen (secondary N) is 1. The smallest absolute Gasteiger partial charge is 0.215 e. The standard InChI is InChI=1S/C12H16ClNO4S2/c13-20(17,18)12-5-3-10(4-6-12)7-8-14-19(15,16)9-11-1-2-11/h3-6,11,14H,1-2,7-9H2. The second kappa shape index (κ2) is 6.01. The van der Waals surface area contributed by atoms with Crippen molar-refractivity contribution >= 4 is 29.8 Å². The van der Waals surface area contributed by atoms with Crippen LogP contribution in [0, 0.1) is 5.92 Å². The van der Waals surface area contributed by atoms with Gasteiger partial charge in [-0.3, -0.25) is 0 Å². The van der Waals surface area contributed by atoms with E-state index in [0.717, 1.165) is 18.4 Å². The summed E-state index contributed by atoms with van der Waals surface area (Å²) < 4.78 is 48.0. The van der Waals surface area contributed by atoms with Crippen LogP contribution in [0.2, 0.25) is 0 Å². The monoisotopic (exact) mass is 337 g/mol. The zero-order chi connectivity index (χ0) is 14.8. The van der Waals surface area contributed by atoms with E-state index in [0.29, 0.717) is 18.9 Å². The number of halogens is 1. The first-order chi connectivity index (χ1) is 9.26. The Morgan fingerprint density at radius 1 is 1.10 bits per heavy atom. The number of hydrogen-bond donors (Lipinski definition) is 1. The van der Waals surface area contributed by atoms with E-state index >= 15 is 0 Å². The summed E-state index contributed by atoms with van der Waals surface area (Å²) in [5, 5.41) is 0. The fourth-order valence-corrected chi connectivity index (χ4v) is 4.08. The van der Waals surface area contributed by atoms with Gasteiger partial charge in [-0.05, 0) is 42.9 Å². The van der Waals surface area contributed by atoms with Gasteiger partial charge in [0, 0.05) is 17.2 Å². The highest BCUT2D eigenvalue weighted by molar-refractivity contribution is 8.13. The zero-order valence-electron chi connectivity index (χ0n) is 10.7. The predicted molar refractivity (Wildman–Crippen MR) is 77.7 cm³/mol. The summed E-state index contributed by atoms with van der Waals surface area (Å²) in [5.41, 5.74) is 0.850. The Morgan fingerprint density at radius 2 is 1.70 bits per heavy atom. The minimum atomic E-state index is -3.71. The molecule has 8 heteroatoms. The highest BCUT2D eigenvalue weighted by Crippen LogP contribution is 2.29. The molecule has 1 aliphatic carbocycles. The fraction of sp³-hybridized carbons (Fsp3) is 0.500. The lowest BCUT2D eigenvalue weighted by Crippen LogP contribution is -2.29. The molecule has 0 saturated heterocycles. The van der Waals surface area contributed by atoms with E-state index < -0.39 is 19.1 Å². The molecule has 0 spiro atoms. The Balaban J connectivity index is 1.85.